The van der Waals surface area contributed by atoms with Crippen molar-refractivity contribution in [2.75, 3.05) is 52.7 Å². The molecular formula is C32H40N2O10. The highest BCUT2D eigenvalue weighted by molar-refractivity contribution is 5.88. The topological polar surface area (TPSA) is 148 Å². The van der Waals surface area contributed by atoms with Crippen LogP contribution in [0.1, 0.15) is 43.9 Å². The second-order valence-electron chi connectivity index (χ2n) is 10.1. The van der Waals surface area contributed by atoms with Crippen molar-refractivity contribution in [3.8, 4) is 5.75 Å². The van der Waals surface area contributed by atoms with E-state index in [2.05, 4.69) is 23.8 Å². The van der Waals surface area contributed by atoms with Crippen LogP contribution in [0.2, 0.25) is 0 Å². The molecule has 12 heteroatoms. The van der Waals surface area contributed by atoms with Gasteiger partial charge >= 0.3 is 24.1 Å². The van der Waals surface area contributed by atoms with E-state index in [9.17, 15) is 19.2 Å². The van der Waals surface area contributed by atoms with E-state index >= 15 is 0 Å². The van der Waals surface area contributed by atoms with Crippen molar-refractivity contribution in [3.05, 3.63) is 65.8 Å². The molecule has 2 amide bonds. The number of esters is 2. The summed E-state index contributed by atoms with van der Waals surface area (Å²) in [6, 6.07) is 9.38. The van der Waals surface area contributed by atoms with Gasteiger partial charge in [0.15, 0.2) is 0 Å². The first kappa shape index (κ1) is 34.1. The molecule has 0 fully saturated rings. The summed E-state index contributed by atoms with van der Waals surface area (Å²) >= 11 is 0. The van der Waals surface area contributed by atoms with Crippen LogP contribution in [0.25, 0.3) is 10.8 Å². The van der Waals surface area contributed by atoms with Crippen LogP contribution < -0.4 is 15.4 Å². The fraction of sp³-hybridized carbons (Fsp3) is 0.438. The molecule has 2 N–H and O–H groups in total. The van der Waals surface area contributed by atoms with E-state index in [0.29, 0.717) is 23.3 Å². The lowest BCUT2D eigenvalue weighted by Gasteiger charge is -2.26. The summed E-state index contributed by atoms with van der Waals surface area (Å²) < 4.78 is 31.7. The summed E-state index contributed by atoms with van der Waals surface area (Å²) in [5.41, 5.74) is 2.67. The Balaban J connectivity index is 1.41. The zero-order valence-corrected chi connectivity index (χ0v) is 25.2. The van der Waals surface area contributed by atoms with Crippen LogP contribution in [-0.4, -0.2) is 76.9 Å². The molecule has 12 nitrogen and oxygen atoms in total. The van der Waals surface area contributed by atoms with Gasteiger partial charge < -0.3 is 39.1 Å². The number of hydrogen-bond donors (Lipinski definition) is 2. The number of carbonyl (C=O) groups excluding carboxylic acids is 4. The number of benzene rings is 2. The van der Waals surface area contributed by atoms with Gasteiger partial charge in [-0.1, -0.05) is 25.3 Å². The average Bonchev–Trinajstić information content (AvgIpc) is 2.98. The molecule has 0 aromatic heterocycles. The highest BCUT2D eigenvalue weighted by Gasteiger charge is 2.24. The monoisotopic (exact) mass is 612 g/mol. The van der Waals surface area contributed by atoms with E-state index in [1.54, 1.807) is 26.0 Å². The summed E-state index contributed by atoms with van der Waals surface area (Å²) in [4.78, 5) is 47.3. The molecule has 3 rings (SSSR count). The maximum Gasteiger partial charge on any atom is 0.412 e. The van der Waals surface area contributed by atoms with Gasteiger partial charge in [0, 0.05) is 24.2 Å². The largest absolute Gasteiger partial charge is 0.460 e. The van der Waals surface area contributed by atoms with Crippen molar-refractivity contribution in [3.63, 3.8) is 0 Å². The molecule has 0 bridgehead atoms. The predicted octanol–water partition coefficient (Wildman–Crippen LogP) is 4.30. The molecule has 2 aromatic carbocycles. The average molecular weight is 613 g/mol. The van der Waals surface area contributed by atoms with Gasteiger partial charge in [-0.2, -0.15) is 0 Å². The molecule has 0 saturated carbocycles. The van der Waals surface area contributed by atoms with E-state index < -0.39 is 24.1 Å². The molecule has 0 aliphatic heterocycles. The van der Waals surface area contributed by atoms with Gasteiger partial charge in [-0.25, -0.2) is 19.2 Å². The van der Waals surface area contributed by atoms with Crippen molar-refractivity contribution >= 4 is 34.9 Å². The first-order chi connectivity index (χ1) is 21.1. The Hall–Kier alpha value is -4.42. The summed E-state index contributed by atoms with van der Waals surface area (Å²) in [6.45, 7) is 11.7. The quantitative estimate of drug-likeness (QED) is 0.122. The van der Waals surface area contributed by atoms with Gasteiger partial charge in [-0.15, -0.1) is 0 Å². The molecule has 1 unspecified atom stereocenters. The van der Waals surface area contributed by atoms with E-state index in [-0.39, 0.29) is 58.8 Å². The Kier molecular flexibility index (Phi) is 13.7. The van der Waals surface area contributed by atoms with Crippen LogP contribution in [0.5, 0.6) is 5.75 Å². The SMILES string of the molecule is C=C(C)C(=O)OCCOCCNC(=O)Oc1ccc2cc3c(cc2c1)CCCC3OC(=O)NCCOCCOC(=O)C(=C)C. The number of aryl methyl sites for hydroxylation is 1. The molecule has 1 aliphatic rings. The van der Waals surface area contributed by atoms with Crippen molar-refractivity contribution < 1.29 is 47.6 Å². The van der Waals surface area contributed by atoms with Crippen LogP contribution >= 0.6 is 0 Å². The van der Waals surface area contributed by atoms with Crippen molar-refractivity contribution in [1.29, 1.82) is 0 Å². The minimum Gasteiger partial charge on any atom is -0.460 e. The highest BCUT2D eigenvalue weighted by Crippen LogP contribution is 2.36. The number of nitrogens with one attached hydrogen (secondary N) is 2. The van der Waals surface area contributed by atoms with E-state index in [1.165, 1.54) is 0 Å². The van der Waals surface area contributed by atoms with Crippen molar-refractivity contribution in [2.24, 2.45) is 0 Å². The van der Waals surface area contributed by atoms with Crippen LogP contribution in [0, 0.1) is 0 Å². The van der Waals surface area contributed by atoms with Gasteiger partial charge in [0.25, 0.3) is 0 Å². The maximum absolute atomic E-state index is 12.4. The molecule has 1 aliphatic carbocycles. The maximum atomic E-state index is 12.4. The molecule has 1 atom stereocenters. The van der Waals surface area contributed by atoms with Gasteiger partial charge in [0.2, 0.25) is 0 Å². The standard InChI is InChI=1S/C32H40N2O10/c1-21(2)29(35)41-16-14-39-12-10-33-31(37)43-26-9-8-23-20-27-24(18-25(23)19-26)6-5-7-28(27)44-32(38)34-11-13-40-15-17-42-30(36)22(3)4/h8-9,18-20,28H,1,3,5-7,10-17H2,2,4H3,(H,33,37)(H,34,38). The van der Waals surface area contributed by atoms with Crippen molar-refractivity contribution in [1.82, 2.24) is 10.6 Å². The summed E-state index contributed by atoms with van der Waals surface area (Å²) in [5, 5.41) is 7.13. The van der Waals surface area contributed by atoms with Crippen molar-refractivity contribution in [2.45, 2.75) is 39.2 Å². The summed E-state index contributed by atoms with van der Waals surface area (Å²) in [6.07, 6.45) is 0.880. The first-order valence-corrected chi connectivity index (χ1v) is 14.4. The molecule has 0 spiro atoms. The van der Waals surface area contributed by atoms with Crippen LogP contribution in [-0.2, 0) is 39.7 Å². The number of fused-ring (bicyclic) bond motifs is 2. The van der Waals surface area contributed by atoms with E-state index in [4.69, 9.17) is 28.4 Å². The molecule has 238 valence electrons. The first-order valence-electron chi connectivity index (χ1n) is 14.4. The Bertz CT molecular complexity index is 1360. The number of amides is 2. The molecule has 0 radical (unpaired) electrons. The molecule has 0 heterocycles. The zero-order valence-electron chi connectivity index (χ0n) is 25.2. The lowest BCUT2D eigenvalue weighted by molar-refractivity contribution is -0.141. The third kappa shape index (κ3) is 11.3. The number of alkyl carbamates (subject to hydrolysis) is 1. The Morgan fingerprint density at radius 2 is 1.39 bits per heavy atom. The van der Waals surface area contributed by atoms with E-state index in [0.717, 1.165) is 34.7 Å². The fourth-order valence-corrected chi connectivity index (χ4v) is 4.28. The lowest BCUT2D eigenvalue weighted by Crippen LogP contribution is -2.30. The second kappa shape index (κ2) is 17.6. The zero-order chi connectivity index (χ0) is 31.9. The van der Waals surface area contributed by atoms with Gasteiger partial charge in [0.1, 0.15) is 25.1 Å². The third-order valence-corrected chi connectivity index (χ3v) is 6.44. The van der Waals surface area contributed by atoms with Gasteiger partial charge in [0.05, 0.1) is 26.4 Å². The molecular weight excluding hydrogens is 572 g/mol. The summed E-state index contributed by atoms with van der Waals surface area (Å²) in [5.74, 6) is -0.550. The minimum absolute atomic E-state index is 0.103. The second-order valence-corrected chi connectivity index (χ2v) is 10.1. The number of hydrogen-bond acceptors (Lipinski definition) is 10. The van der Waals surface area contributed by atoms with E-state index in [1.807, 2.05) is 18.2 Å². The van der Waals surface area contributed by atoms with Crippen LogP contribution in [0.4, 0.5) is 9.59 Å². The van der Waals surface area contributed by atoms with Gasteiger partial charge in [-0.05, 0) is 73.2 Å². The van der Waals surface area contributed by atoms with Crippen LogP contribution in [0.15, 0.2) is 54.6 Å². The van der Waals surface area contributed by atoms with Gasteiger partial charge in [-0.3, -0.25) is 0 Å². The fourth-order valence-electron chi connectivity index (χ4n) is 4.28. The Morgan fingerprint density at radius 3 is 2.00 bits per heavy atom. The predicted molar refractivity (Wildman–Crippen MR) is 161 cm³/mol. The summed E-state index contributed by atoms with van der Waals surface area (Å²) in [7, 11) is 0. The smallest absolute Gasteiger partial charge is 0.412 e. The molecule has 44 heavy (non-hydrogen) atoms. The normalized spacial score (nSPS) is 13.7. The molecule has 0 saturated heterocycles. The number of carbonyl (C=O) groups is 4. The number of rotatable bonds is 16. The van der Waals surface area contributed by atoms with Crippen LogP contribution in [0.3, 0.4) is 0 Å². The lowest BCUT2D eigenvalue weighted by atomic mass is 9.87. The third-order valence-electron chi connectivity index (χ3n) is 6.44. The Morgan fingerprint density at radius 1 is 0.773 bits per heavy atom. The Labute approximate surface area is 256 Å². The minimum atomic E-state index is -0.615. The molecule has 2 aromatic rings. The highest BCUT2D eigenvalue weighted by atomic mass is 16.6. The number of ether oxygens (including phenoxy) is 6.